The van der Waals surface area contributed by atoms with Gasteiger partial charge in [-0.15, -0.1) is 0 Å². The Morgan fingerprint density at radius 2 is 2.32 bits per heavy atom. The summed E-state index contributed by atoms with van der Waals surface area (Å²) in [7, 11) is 0. The normalized spacial score (nSPS) is 30.5. The molecule has 1 saturated carbocycles. The third-order valence-corrected chi connectivity index (χ3v) is 4.66. The van der Waals surface area contributed by atoms with E-state index in [2.05, 4.69) is 16.0 Å². The summed E-state index contributed by atoms with van der Waals surface area (Å²) in [6, 6.07) is 5.99. The summed E-state index contributed by atoms with van der Waals surface area (Å²) in [5, 5.41) is 19.8. The summed E-state index contributed by atoms with van der Waals surface area (Å²) in [6.07, 6.45) is 6.83. The number of anilines is 1. The van der Waals surface area contributed by atoms with Crippen LogP contribution in [0.5, 0.6) is 0 Å². The van der Waals surface area contributed by atoms with Crippen molar-refractivity contribution in [3.05, 3.63) is 24.0 Å². The van der Waals surface area contributed by atoms with Gasteiger partial charge in [0.25, 0.3) is 0 Å². The van der Waals surface area contributed by atoms with Crippen LogP contribution < -0.4 is 4.90 Å². The van der Waals surface area contributed by atoms with Gasteiger partial charge in [0.05, 0.1) is 11.3 Å². The minimum Gasteiger partial charge on any atom is -0.389 e. The first-order valence-electron chi connectivity index (χ1n) is 7.05. The molecule has 1 N–H and O–H groups in total. The van der Waals surface area contributed by atoms with Gasteiger partial charge in [-0.3, -0.25) is 0 Å². The molecule has 2 fully saturated rings. The Bertz CT molecular complexity index is 510. The second-order valence-electron chi connectivity index (χ2n) is 5.73. The van der Waals surface area contributed by atoms with Crippen LogP contribution in [-0.2, 0) is 0 Å². The van der Waals surface area contributed by atoms with E-state index < -0.39 is 5.60 Å². The fourth-order valence-electron chi connectivity index (χ4n) is 3.53. The number of nitrogens with zero attached hydrogens (tertiary/aromatic N) is 3. The summed E-state index contributed by atoms with van der Waals surface area (Å²) < 4.78 is 0. The molecule has 0 bridgehead atoms. The Hall–Kier alpha value is -1.60. The number of aromatic nitrogens is 1. The fraction of sp³-hybridized carbons (Fsp3) is 0.600. The highest BCUT2D eigenvalue weighted by Crippen LogP contribution is 2.41. The van der Waals surface area contributed by atoms with Crippen LogP contribution in [0, 0.1) is 17.2 Å². The molecule has 1 saturated heterocycles. The lowest BCUT2D eigenvalue weighted by molar-refractivity contribution is -0.0612. The first-order valence-corrected chi connectivity index (χ1v) is 7.05. The molecule has 2 heterocycles. The van der Waals surface area contributed by atoms with E-state index in [0.717, 1.165) is 44.5 Å². The van der Waals surface area contributed by atoms with Crippen LogP contribution in [-0.4, -0.2) is 28.8 Å². The lowest BCUT2D eigenvalue weighted by Crippen LogP contribution is -2.53. The maximum atomic E-state index is 10.7. The Labute approximate surface area is 113 Å². The van der Waals surface area contributed by atoms with E-state index in [1.165, 1.54) is 6.42 Å². The van der Waals surface area contributed by atoms with Crippen molar-refractivity contribution in [3.8, 4) is 6.07 Å². The van der Waals surface area contributed by atoms with Crippen LogP contribution in [0.3, 0.4) is 0 Å². The number of hydrogen-bond donors (Lipinski definition) is 1. The highest BCUT2D eigenvalue weighted by molar-refractivity contribution is 5.56. The summed E-state index contributed by atoms with van der Waals surface area (Å²) in [4.78, 5) is 6.35. The van der Waals surface area contributed by atoms with Crippen molar-refractivity contribution < 1.29 is 5.11 Å². The van der Waals surface area contributed by atoms with Crippen LogP contribution in [0.25, 0.3) is 0 Å². The summed E-state index contributed by atoms with van der Waals surface area (Å²) >= 11 is 0. The van der Waals surface area contributed by atoms with Crippen molar-refractivity contribution in [2.24, 2.45) is 5.92 Å². The van der Waals surface area contributed by atoms with Crippen LogP contribution in [0.1, 0.15) is 37.8 Å². The van der Waals surface area contributed by atoms with E-state index in [4.69, 9.17) is 5.26 Å². The van der Waals surface area contributed by atoms with Gasteiger partial charge < -0.3 is 10.0 Å². The zero-order valence-electron chi connectivity index (χ0n) is 11.0. The quantitative estimate of drug-likeness (QED) is 0.836. The van der Waals surface area contributed by atoms with Gasteiger partial charge in [-0.1, -0.05) is 12.8 Å². The van der Waals surface area contributed by atoms with Crippen LogP contribution in [0.15, 0.2) is 18.3 Å². The molecule has 1 aliphatic carbocycles. The molecule has 2 aliphatic rings. The Morgan fingerprint density at radius 1 is 1.42 bits per heavy atom. The van der Waals surface area contributed by atoms with Gasteiger partial charge in [-0.05, 0) is 31.4 Å². The molecule has 1 aromatic heterocycles. The predicted octanol–water partition coefficient (Wildman–Crippen LogP) is 2.08. The zero-order chi connectivity index (χ0) is 13.3. The lowest BCUT2D eigenvalue weighted by atomic mass is 9.71. The minimum absolute atomic E-state index is 0.335. The molecular weight excluding hydrogens is 238 g/mol. The van der Waals surface area contributed by atoms with Gasteiger partial charge in [-0.2, -0.15) is 5.26 Å². The van der Waals surface area contributed by atoms with E-state index in [0.29, 0.717) is 11.6 Å². The van der Waals surface area contributed by atoms with Crippen LogP contribution >= 0.6 is 0 Å². The van der Waals surface area contributed by atoms with E-state index >= 15 is 0 Å². The van der Waals surface area contributed by atoms with E-state index in [-0.39, 0.29) is 0 Å². The molecule has 1 aromatic rings. The van der Waals surface area contributed by atoms with E-state index in [1.54, 1.807) is 6.20 Å². The summed E-state index contributed by atoms with van der Waals surface area (Å²) in [5.74, 6) is 0.335. The lowest BCUT2D eigenvalue weighted by Gasteiger charge is -2.48. The Balaban J connectivity index is 1.83. The topological polar surface area (TPSA) is 60.2 Å². The second-order valence-corrected chi connectivity index (χ2v) is 5.73. The fourth-order valence-corrected chi connectivity index (χ4v) is 3.53. The van der Waals surface area contributed by atoms with Crippen molar-refractivity contribution in [2.45, 2.75) is 37.7 Å². The number of fused-ring (bicyclic) bond motifs is 1. The number of hydrogen-bond acceptors (Lipinski definition) is 4. The number of nitriles is 1. The summed E-state index contributed by atoms with van der Waals surface area (Å²) in [6.45, 7) is 1.66. The van der Waals surface area contributed by atoms with Gasteiger partial charge >= 0.3 is 0 Å². The third kappa shape index (κ3) is 2.19. The molecule has 2 atom stereocenters. The minimum atomic E-state index is -0.468. The monoisotopic (exact) mass is 257 g/mol. The molecular formula is C15H19N3O. The molecule has 0 radical (unpaired) electrons. The molecule has 100 valence electrons. The average Bonchev–Trinajstić information content (AvgIpc) is 2.46. The highest BCUT2D eigenvalue weighted by atomic mass is 16.3. The van der Waals surface area contributed by atoms with E-state index in [1.807, 2.05) is 12.1 Å². The first kappa shape index (κ1) is 12.4. The molecule has 0 aromatic carbocycles. The molecule has 4 nitrogen and oxygen atoms in total. The molecule has 0 amide bonds. The maximum absolute atomic E-state index is 10.7. The van der Waals surface area contributed by atoms with Crippen molar-refractivity contribution in [1.29, 1.82) is 5.26 Å². The second kappa shape index (κ2) is 4.82. The molecule has 3 rings (SSSR count). The molecule has 0 spiro atoms. The predicted molar refractivity (Wildman–Crippen MR) is 72.7 cm³/mol. The number of rotatable bonds is 1. The van der Waals surface area contributed by atoms with Gasteiger partial charge in [0.15, 0.2) is 5.69 Å². The van der Waals surface area contributed by atoms with Gasteiger partial charge in [0.1, 0.15) is 6.07 Å². The van der Waals surface area contributed by atoms with Gasteiger partial charge in [-0.25, -0.2) is 4.98 Å². The van der Waals surface area contributed by atoms with Gasteiger partial charge in [0.2, 0.25) is 0 Å². The van der Waals surface area contributed by atoms with Crippen molar-refractivity contribution in [2.75, 3.05) is 18.0 Å². The molecule has 19 heavy (non-hydrogen) atoms. The SMILES string of the molecule is N#Cc1ncccc1N1CCC2(O)CCCCC2C1. The molecule has 4 heteroatoms. The highest BCUT2D eigenvalue weighted by Gasteiger charge is 2.43. The number of aliphatic hydroxyl groups is 1. The van der Waals surface area contributed by atoms with Crippen LogP contribution in [0.4, 0.5) is 5.69 Å². The summed E-state index contributed by atoms with van der Waals surface area (Å²) in [5.41, 5.74) is 0.936. The number of piperidine rings is 1. The average molecular weight is 257 g/mol. The zero-order valence-corrected chi connectivity index (χ0v) is 11.0. The standard InChI is InChI=1S/C15H19N3O/c16-10-13-14(5-3-8-17-13)18-9-7-15(19)6-2-1-4-12(15)11-18/h3,5,8,12,19H,1-2,4,6-7,9,11H2. The third-order valence-electron chi connectivity index (χ3n) is 4.66. The maximum Gasteiger partial charge on any atom is 0.163 e. The van der Waals surface area contributed by atoms with Crippen molar-refractivity contribution in [1.82, 2.24) is 4.98 Å². The largest absolute Gasteiger partial charge is 0.389 e. The van der Waals surface area contributed by atoms with E-state index in [9.17, 15) is 5.11 Å². The van der Waals surface area contributed by atoms with Gasteiger partial charge in [0, 0.05) is 25.2 Å². The Kier molecular flexibility index (Phi) is 3.16. The first-order chi connectivity index (χ1) is 9.23. The van der Waals surface area contributed by atoms with Crippen LogP contribution in [0.2, 0.25) is 0 Å². The Morgan fingerprint density at radius 3 is 3.16 bits per heavy atom. The smallest absolute Gasteiger partial charge is 0.163 e. The van der Waals surface area contributed by atoms with Crippen molar-refractivity contribution >= 4 is 5.69 Å². The molecule has 2 unspecified atom stereocenters. The number of pyridine rings is 1. The van der Waals surface area contributed by atoms with Crippen molar-refractivity contribution in [3.63, 3.8) is 0 Å². The molecule has 1 aliphatic heterocycles.